The van der Waals surface area contributed by atoms with Gasteiger partial charge in [0.1, 0.15) is 0 Å². The molecule has 0 aromatic heterocycles. The van der Waals surface area contributed by atoms with E-state index in [9.17, 15) is 0 Å². The molecule has 0 aliphatic heterocycles. The van der Waals surface area contributed by atoms with E-state index in [-0.39, 0.29) is 0 Å². The second kappa shape index (κ2) is 5.50. The molecule has 1 rings (SSSR count). The molecule has 2 N–H and O–H groups in total. The molecule has 0 bridgehead atoms. The van der Waals surface area contributed by atoms with Gasteiger partial charge in [-0.25, -0.2) is 0 Å². The van der Waals surface area contributed by atoms with Gasteiger partial charge in [0.15, 0.2) is 0 Å². The Balaban J connectivity index is 2.60. The molecule has 3 atom stereocenters. The van der Waals surface area contributed by atoms with Gasteiger partial charge in [-0.1, -0.05) is 34.6 Å². The second-order valence-electron chi connectivity index (χ2n) is 8.31. The lowest BCUT2D eigenvalue weighted by Gasteiger charge is -2.43. The zero-order valence-corrected chi connectivity index (χ0v) is 13.6. The third-order valence-electron chi connectivity index (χ3n) is 5.01. The molecular formula is C16H34N2. The predicted molar refractivity (Wildman–Crippen MR) is 80.6 cm³/mol. The van der Waals surface area contributed by atoms with Gasteiger partial charge in [0.05, 0.1) is 0 Å². The molecule has 0 aromatic rings. The van der Waals surface area contributed by atoms with Crippen LogP contribution in [0.4, 0.5) is 0 Å². The minimum Gasteiger partial charge on any atom is -0.327 e. The van der Waals surface area contributed by atoms with Crippen LogP contribution >= 0.6 is 0 Å². The summed E-state index contributed by atoms with van der Waals surface area (Å²) in [5.74, 6) is 0.656. The summed E-state index contributed by atoms with van der Waals surface area (Å²) in [5, 5.41) is 0. The Morgan fingerprint density at radius 3 is 2.39 bits per heavy atom. The quantitative estimate of drug-likeness (QED) is 0.835. The molecule has 0 saturated heterocycles. The molecule has 1 saturated carbocycles. The number of hydrogen-bond acceptors (Lipinski definition) is 2. The Morgan fingerprint density at radius 1 is 1.33 bits per heavy atom. The lowest BCUT2D eigenvalue weighted by molar-refractivity contribution is 0.0780. The van der Waals surface area contributed by atoms with Crippen molar-refractivity contribution in [1.82, 2.24) is 4.90 Å². The summed E-state index contributed by atoms with van der Waals surface area (Å²) in [6.07, 6.45) is 3.74. The van der Waals surface area contributed by atoms with Crippen LogP contribution in [0.2, 0.25) is 0 Å². The fraction of sp³-hybridized carbons (Fsp3) is 1.00. The van der Waals surface area contributed by atoms with Gasteiger partial charge in [0, 0.05) is 18.6 Å². The summed E-state index contributed by atoms with van der Waals surface area (Å²) >= 11 is 0. The van der Waals surface area contributed by atoms with Crippen LogP contribution in [0.3, 0.4) is 0 Å². The molecule has 0 heterocycles. The maximum absolute atomic E-state index is 6.33. The highest BCUT2D eigenvalue weighted by Crippen LogP contribution is 2.38. The van der Waals surface area contributed by atoms with E-state index in [4.69, 9.17) is 5.73 Å². The largest absolute Gasteiger partial charge is 0.327 e. The van der Waals surface area contributed by atoms with Crippen molar-refractivity contribution < 1.29 is 0 Å². The van der Waals surface area contributed by atoms with E-state index in [2.05, 4.69) is 53.5 Å². The van der Waals surface area contributed by atoms with E-state index < -0.39 is 0 Å². The molecule has 1 aliphatic rings. The summed E-state index contributed by atoms with van der Waals surface area (Å²) in [7, 11) is 2.25. The van der Waals surface area contributed by atoms with Gasteiger partial charge in [0.2, 0.25) is 0 Å². The van der Waals surface area contributed by atoms with Gasteiger partial charge < -0.3 is 10.6 Å². The Bertz CT molecular complexity index is 265. The molecule has 1 fully saturated rings. The minimum atomic E-state index is 0.336. The molecule has 0 amide bonds. The minimum absolute atomic E-state index is 0.336. The molecular weight excluding hydrogens is 220 g/mol. The van der Waals surface area contributed by atoms with Crippen LogP contribution in [0.1, 0.15) is 60.8 Å². The van der Waals surface area contributed by atoms with Gasteiger partial charge in [-0.2, -0.15) is 0 Å². The average Bonchev–Trinajstić information content (AvgIpc) is 2.20. The van der Waals surface area contributed by atoms with E-state index in [0.29, 0.717) is 28.8 Å². The number of rotatable bonds is 3. The van der Waals surface area contributed by atoms with Crippen molar-refractivity contribution >= 4 is 0 Å². The Kier molecular flexibility index (Phi) is 4.88. The highest BCUT2D eigenvalue weighted by atomic mass is 15.1. The van der Waals surface area contributed by atoms with Gasteiger partial charge in [-0.05, 0) is 50.0 Å². The molecule has 1 aliphatic carbocycles. The topological polar surface area (TPSA) is 29.3 Å². The maximum atomic E-state index is 6.33. The van der Waals surface area contributed by atoms with Crippen LogP contribution in [-0.2, 0) is 0 Å². The smallest absolute Gasteiger partial charge is 0.0112 e. The maximum Gasteiger partial charge on any atom is 0.0112 e. The fourth-order valence-electron chi connectivity index (χ4n) is 3.15. The second-order valence-corrected chi connectivity index (χ2v) is 8.31. The van der Waals surface area contributed by atoms with Crippen molar-refractivity contribution in [2.45, 2.75) is 72.9 Å². The van der Waals surface area contributed by atoms with Crippen LogP contribution < -0.4 is 5.73 Å². The van der Waals surface area contributed by atoms with Crippen molar-refractivity contribution in [3.8, 4) is 0 Å². The van der Waals surface area contributed by atoms with Crippen LogP contribution in [0, 0.1) is 16.7 Å². The van der Waals surface area contributed by atoms with E-state index in [0.717, 1.165) is 6.54 Å². The summed E-state index contributed by atoms with van der Waals surface area (Å²) < 4.78 is 0. The van der Waals surface area contributed by atoms with E-state index >= 15 is 0 Å². The van der Waals surface area contributed by atoms with Crippen molar-refractivity contribution in [2.75, 3.05) is 13.6 Å². The first-order valence-corrected chi connectivity index (χ1v) is 7.49. The summed E-state index contributed by atoms with van der Waals surface area (Å²) in [6.45, 7) is 15.2. The van der Waals surface area contributed by atoms with Crippen molar-refractivity contribution in [3.63, 3.8) is 0 Å². The van der Waals surface area contributed by atoms with Crippen LogP contribution in [0.15, 0.2) is 0 Å². The van der Waals surface area contributed by atoms with Crippen molar-refractivity contribution in [2.24, 2.45) is 22.5 Å². The molecule has 0 spiro atoms. The number of nitrogens with zero attached hydrogens (tertiary/aromatic N) is 1. The van der Waals surface area contributed by atoms with E-state index in [1.54, 1.807) is 0 Å². The van der Waals surface area contributed by atoms with Gasteiger partial charge in [0.25, 0.3) is 0 Å². The van der Waals surface area contributed by atoms with Crippen molar-refractivity contribution in [3.05, 3.63) is 0 Å². The zero-order chi connectivity index (χ0) is 14.1. The van der Waals surface area contributed by atoms with E-state index in [1.807, 2.05) is 0 Å². The SMILES string of the molecule is CC(N(C)CC1CC(C)(C)CCC1N)C(C)(C)C. The first-order valence-electron chi connectivity index (χ1n) is 7.49. The summed E-state index contributed by atoms with van der Waals surface area (Å²) in [6, 6.07) is 0.988. The first-order chi connectivity index (χ1) is 8.03. The molecule has 3 unspecified atom stereocenters. The van der Waals surface area contributed by atoms with Crippen LogP contribution in [0.25, 0.3) is 0 Å². The van der Waals surface area contributed by atoms with E-state index in [1.165, 1.54) is 19.3 Å². The molecule has 0 aromatic carbocycles. The van der Waals surface area contributed by atoms with Gasteiger partial charge >= 0.3 is 0 Å². The lowest BCUT2D eigenvalue weighted by atomic mass is 9.70. The highest BCUT2D eigenvalue weighted by Gasteiger charge is 2.35. The van der Waals surface area contributed by atoms with Gasteiger partial charge in [-0.3, -0.25) is 0 Å². The number of nitrogens with two attached hydrogens (primary N) is 1. The normalized spacial score (nSPS) is 30.5. The van der Waals surface area contributed by atoms with Crippen LogP contribution in [-0.4, -0.2) is 30.6 Å². The third kappa shape index (κ3) is 4.24. The van der Waals surface area contributed by atoms with Crippen molar-refractivity contribution in [1.29, 1.82) is 0 Å². The van der Waals surface area contributed by atoms with Gasteiger partial charge in [-0.15, -0.1) is 0 Å². The molecule has 18 heavy (non-hydrogen) atoms. The van der Waals surface area contributed by atoms with Crippen LogP contribution in [0.5, 0.6) is 0 Å². The first kappa shape index (κ1) is 16.0. The average molecular weight is 254 g/mol. The lowest BCUT2D eigenvalue weighted by Crippen LogP contribution is -2.48. The molecule has 2 nitrogen and oxygen atoms in total. The zero-order valence-electron chi connectivity index (χ0n) is 13.6. The molecule has 2 heteroatoms. The third-order valence-corrected chi connectivity index (χ3v) is 5.01. The predicted octanol–water partition coefficient (Wildman–Crippen LogP) is 3.51. The Labute approximate surface area is 114 Å². The standard InChI is InChI=1S/C16H34N2/c1-12(15(2,3)4)18(7)11-13-10-16(5,6)9-8-14(13)17/h12-14H,8-11,17H2,1-7H3. The summed E-state index contributed by atoms with van der Waals surface area (Å²) in [5.41, 5.74) is 7.15. The molecule has 108 valence electrons. The molecule has 0 radical (unpaired) electrons. The highest BCUT2D eigenvalue weighted by molar-refractivity contribution is 4.89. The monoisotopic (exact) mass is 254 g/mol. The fourth-order valence-corrected chi connectivity index (χ4v) is 3.15. The Hall–Kier alpha value is -0.0800. The number of hydrogen-bond donors (Lipinski definition) is 1. The summed E-state index contributed by atoms with van der Waals surface area (Å²) in [4.78, 5) is 2.51. The Morgan fingerprint density at radius 2 is 1.89 bits per heavy atom.